The van der Waals surface area contributed by atoms with Gasteiger partial charge in [-0.1, -0.05) is 115 Å². The van der Waals surface area contributed by atoms with E-state index in [0.717, 1.165) is 0 Å². The molecular weight excluding hydrogens is 959 g/mol. The van der Waals surface area contributed by atoms with Gasteiger partial charge in [0.2, 0.25) is 0 Å². The molecule has 0 atom stereocenters. The van der Waals surface area contributed by atoms with E-state index in [4.69, 9.17) is 13.2 Å². The third kappa shape index (κ3) is 7.81. The fourth-order valence-corrected chi connectivity index (χ4v) is 8.06. The van der Waals surface area contributed by atoms with E-state index < -0.39 is 50.7 Å². The van der Waals surface area contributed by atoms with Crippen molar-refractivity contribution in [3.8, 4) is 44.8 Å². The minimum atomic E-state index is -2.91. The predicted molar refractivity (Wildman–Crippen MR) is 257 cm³/mol. The molecule has 0 unspecified atom stereocenters. The van der Waals surface area contributed by atoms with Crippen molar-refractivity contribution in [1.82, 2.24) is 24.3 Å². The van der Waals surface area contributed by atoms with Crippen LogP contribution in [0.4, 0.5) is 0 Å². The number of hydrogen-bond donors (Lipinski definition) is 0. The predicted octanol–water partition coefficient (Wildman–Crippen LogP) is 13.2. The maximum absolute atomic E-state index is 9.66. The van der Waals surface area contributed by atoms with Gasteiger partial charge in [-0.05, 0) is 99.4 Å². The van der Waals surface area contributed by atoms with E-state index in [1.165, 1.54) is 46.9 Å². The Morgan fingerprint density at radius 3 is 1.81 bits per heavy atom. The first-order valence-electron chi connectivity index (χ1n) is 27.2. The second-order valence-electron chi connectivity index (χ2n) is 14.9. The van der Waals surface area contributed by atoms with Crippen LogP contribution < -0.4 is 0 Å². The molecule has 5 nitrogen and oxygen atoms in total. The first-order valence-corrected chi connectivity index (χ1v) is 20.2. The molecule has 0 aliphatic carbocycles. The smallest absolute Gasteiger partial charge is 0.339 e. The molecule has 0 bridgehead atoms. The van der Waals surface area contributed by atoms with Crippen LogP contribution in [0, 0.1) is 31.9 Å². The molecule has 0 saturated heterocycles. The van der Waals surface area contributed by atoms with E-state index in [9.17, 15) is 11.0 Å². The summed E-state index contributed by atoms with van der Waals surface area (Å²) in [5, 5.41) is 2.05. The van der Waals surface area contributed by atoms with Crippen LogP contribution in [0.1, 0.15) is 53.0 Å². The zero-order chi connectivity index (χ0) is 54.5. The standard InChI is InChI=1S/C58H42N5.Ir/c1-38-58-56-51-14-4-3-11-47(51)37-61-57(56)52-30-29-46(36-55(52)63(58)39(2)62-38)49-12-5-6-13-50(49)48-34-42(19-17-40-21-25-44(26-22-40)53-15-7-9-31-59-53)33-43(35-48)20-18-41-23-27-45(28-24-41)54-16-8-10-32-60-54;/h3-16,21-25,27,29,31-37H,17-20H2,1-2H3;/q-3;+3/i1D3,2D3,17D2,18D2,19D2,20D2;. The van der Waals surface area contributed by atoms with Crippen LogP contribution in [0.2, 0.25) is 0 Å². The van der Waals surface area contributed by atoms with E-state index in [2.05, 4.69) is 33.2 Å². The van der Waals surface area contributed by atoms with Crippen molar-refractivity contribution < 1.29 is 39.3 Å². The van der Waals surface area contributed by atoms with Gasteiger partial charge in [-0.25, -0.2) is 4.98 Å². The summed E-state index contributed by atoms with van der Waals surface area (Å²) in [6.45, 7) is -5.76. The van der Waals surface area contributed by atoms with Gasteiger partial charge in [-0.15, -0.1) is 94.4 Å². The van der Waals surface area contributed by atoms with Gasteiger partial charge in [0, 0.05) is 37.8 Å². The van der Waals surface area contributed by atoms with Crippen molar-refractivity contribution in [3.63, 3.8) is 0 Å². The summed E-state index contributed by atoms with van der Waals surface area (Å²) in [4.78, 5) is 17.8. The van der Waals surface area contributed by atoms with Crippen molar-refractivity contribution in [2.24, 2.45) is 0 Å². The van der Waals surface area contributed by atoms with Crippen molar-refractivity contribution in [2.75, 3.05) is 0 Å². The van der Waals surface area contributed by atoms with E-state index in [-0.39, 0.29) is 59.0 Å². The van der Waals surface area contributed by atoms with E-state index in [1.54, 1.807) is 116 Å². The monoisotopic (exact) mass is 1020 g/mol. The maximum atomic E-state index is 9.66. The SMILES string of the molecule is [2H]C([2H])([2H])c1nc(C([2H])([2H])[2H])n2c3cc(-c4ccccc4-c4cc(C([2H])([2H])C([2H])([2H])c5c[c-]c(-c6ccccn6)cc5)cc(C([2H])([2H])C([2H])([2H])c5c[c-]c(-c6ccccn6)cc5)c4)c[c-]c3c3ncc4ccccc4c3c12.[Ir+3]. The summed E-state index contributed by atoms with van der Waals surface area (Å²) in [6, 6.07) is 50.3. The van der Waals surface area contributed by atoms with Gasteiger partial charge in [0.1, 0.15) is 5.82 Å². The Bertz CT molecular complexity index is 3950. The number of pyridine rings is 4. The molecule has 11 rings (SSSR count). The first-order chi connectivity index (χ1) is 36.5. The van der Waals surface area contributed by atoms with E-state index in [0.29, 0.717) is 66.3 Å². The normalized spacial score (nSPS) is 15.9. The Morgan fingerprint density at radius 1 is 0.578 bits per heavy atom. The van der Waals surface area contributed by atoms with Gasteiger partial charge < -0.3 is 19.4 Å². The summed E-state index contributed by atoms with van der Waals surface area (Å²) in [6.07, 6.45) is -6.53. The van der Waals surface area contributed by atoms with Crippen LogP contribution in [0.5, 0.6) is 0 Å². The van der Waals surface area contributed by atoms with Gasteiger partial charge in [0.05, 0.1) is 11.2 Å². The topological polar surface area (TPSA) is 56.0 Å². The van der Waals surface area contributed by atoms with Crippen molar-refractivity contribution >= 4 is 38.1 Å². The number of benzene rings is 6. The Kier molecular flexibility index (Phi) is 7.64. The molecule has 0 aliphatic rings. The Labute approximate surface area is 406 Å². The summed E-state index contributed by atoms with van der Waals surface area (Å²) in [5.41, 5.74) is 3.16. The summed E-state index contributed by atoms with van der Waals surface area (Å²) in [7, 11) is 0. The molecule has 0 spiro atoms. The number of hydrogen-bond acceptors (Lipinski definition) is 4. The molecule has 0 radical (unpaired) electrons. The fourth-order valence-electron chi connectivity index (χ4n) is 8.06. The molecule has 0 N–H and O–H groups in total. The summed E-state index contributed by atoms with van der Waals surface area (Å²) >= 11 is 0. The fraction of sp³-hybridized carbons (Fsp3) is 0.103. The van der Waals surface area contributed by atoms with Gasteiger partial charge in [0.15, 0.2) is 0 Å². The zero-order valence-corrected chi connectivity index (χ0v) is 36.1. The van der Waals surface area contributed by atoms with E-state index in [1.807, 2.05) is 12.1 Å². The number of nitrogens with zero attached hydrogens (tertiary/aromatic N) is 5. The molecular formula is C58H42IrN5. The molecule has 0 saturated carbocycles. The molecule has 308 valence electrons. The second kappa shape index (κ2) is 17.6. The zero-order valence-electron chi connectivity index (χ0n) is 47.7. The third-order valence-electron chi connectivity index (χ3n) is 11.0. The average Bonchev–Trinajstić information content (AvgIpc) is 4.08. The van der Waals surface area contributed by atoms with Crippen LogP contribution in [0.15, 0.2) is 170 Å². The molecule has 5 heterocycles. The van der Waals surface area contributed by atoms with E-state index >= 15 is 0 Å². The second-order valence-corrected chi connectivity index (χ2v) is 14.9. The van der Waals surface area contributed by atoms with Gasteiger partial charge in [0.25, 0.3) is 0 Å². The van der Waals surface area contributed by atoms with Gasteiger partial charge in [-0.2, -0.15) is 0 Å². The maximum Gasteiger partial charge on any atom is 3.00 e. The molecule has 0 amide bonds. The van der Waals surface area contributed by atoms with Crippen molar-refractivity contribution in [3.05, 3.63) is 222 Å². The summed E-state index contributed by atoms with van der Waals surface area (Å²) < 4.78 is 129. The quantitative estimate of drug-likeness (QED) is 0.101. The average molecular weight is 1020 g/mol. The molecule has 11 aromatic rings. The number of aromatic nitrogens is 5. The molecule has 5 aromatic heterocycles. The number of fused-ring (bicyclic) bond motifs is 8. The van der Waals surface area contributed by atoms with Crippen LogP contribution >= 0.6 is 0 Å². The molecule has 6 heteroatoms. The Hall–Kier alpha value is -7.11. The largest absolute Gasteiger partial charge is 3.00 e. The van der Waals surface area contributed by atoms with Crippen LogP contribution in [0.3, 0.4) is 0 Å². The van der Waals surface area contributed by atoms with Gasteiger partial charge in [-0.3, -0.25) is 0 Å². The minimum absolute atomic E-state index is 0. The summed E-state index contributed by atoms with van der Waals surface area (Å²) in [5.74, 6) is -0.490. The molecule has 0 aliphatic heterocycles. The van der Waals surface area contributed by atoms with Crippen LogP contribution in [0.25, 0.3) is 82.9 Å². The number of imidazole rings is 1. The van der Waals surface area contributed by atoms with Crippen molar-refractivity contribution in [2.45, 2.75) is 39.2 Å². The number of aryl methyl sites for hydroxylation is 6. The van der Waals surface area contributed by atoms with Gasteiger partial charge >= 0.3 is 20.1 Å². The first kappa shape index (κ1) is 27.8. The Balaban J connectivity index is 0.00000688. The van der Waals surface area contributed by atoms with Crippen LogP contribution in [-0.4, -0.2) is 24.3 Å². The number of rotatable bonds is 10. The Morgan fingerprint density at radius 2 is 1.20 bits per heavy atom. The molecule has 64 heavy (non-hydrogen) atoms. The van der Waals surface area contributed by atoms with Crippen molar-refractivity contribution in [1.29, 1.82) is 0 Å². The molecule has 6 aromatic carbocycles. The minimum Gasteiger partial charge on any atom is -0.339 e. The third-order valence-corrected chi connectivity index (χ3v) is 11.0. The van der Waals surface area contributed by atoms with Crippen LogP contribution in [-0.2, 0) is 45.6 Å². The molecule has 0 fully saturated rings.